The third kappa shape index (κ3) is 3.01. The zero-order chi connectivity index (χ0) is 14.7. The molecule has 9 nitrogen and oxygen atoms in total. The van der Waals surface area contributed by atoms with Gasteiger partial charge >= 0.3 is 11.7 Å². The molecule has 1 aromatic heterocycles. The molecule has 0 atom stereocenters. The minimum atomic E-state index is -0.610. The van der Waals surface area contributed by atoms with E-state index in [-0.39, 0.29) is 28.7 Å². The van der Waals surface area contributed by atoms with Crippen LogP contribution in [0.5, 0.6) is 17.5 Å². The highest BCUT2D eigenvalue weighted by Crippen LogP contribution is 2.33. The maximum absolute atomic E-state index is 10.9. The second-order valence-corrected chi connectivity index (χ2v) is 3.78. The first kappa shape index (κ1) is 13.7. The molecule has 0 radical (unpaired) electrons. The molecule has 0 saturated heterocycles. The zero-order valence-corrected chi connectivity index (χ0v) is 10.9. The molecule has 1 heterocycles. The highest BCUT2D eigenvalue weighted by atomic mass is 35.5. The van der Waals surface area contributed by atoms with Gasteiger partial charge in [-0.15, -0.1) is 0 Å². The third-order valence-corrected chi connectivity index (χ3v) is 2.34. The van der Waals surface area contributed by atoms with Crippen molar-refractivity contribution in [2.45, 2.75) is 0 Å². The van der Waals surface area contributed by atoms with Crippen molar-refractivity contribution in [2.75, 3.05) is 12.8 Å². The summed E-state index contributed by atoms with van der Waals surface area (Å²) in [7, 11) is 1.42. The van der Waals surface area contributed by atoms with Gasteiger partial charge in [-0.1, -0.05) is 0 Å². The third-order valence-electron chi connectivity index (χ3n) is 2.17. The molecule has 20 heavy (non-hydrogen) atoms. The second kappa shape index (κ2) is 5.53. The fourth-order valence-electron chi connectivity index (χ4n) is 1.34. The van der Waals surface area contributed by atoms with Gasteiger partial charge in [0.15, 0.2) is 0 Å². The molecule has 2 aromatic rings. The van der Waals surface area contributed by atoms with Crippen LogP contribution < -0.4 is 15.2 Å². The van der Waals surface area contributed by atoms with Crippen LogP contribution in [-0.2, 0) is 0 Å². The van der Waals surface area contributed by atoms with Crippen molar-refractivity contribution in [3.63, 3.8) is 0 Å². The molecule has 10 heteroatoms. The van der Waals surface area contributed by atoms with E-state index in [9.17, 15) is 10.1 Å². The molecular formula is C10H8ClN5O4. The second-order valence-electron chi connectivity index (χ2n) is 3.44. The van der Waals surface area contributed by atoms with E-state index in [0.29, 0.717) is 5.75 Å². The number of methoxy groups -OCH3 is 1. The van der Waals surface area contributed by atoms with Gasteiger partial charge < -0.3 is 15.2 Å². The fraction of sp³-hybridized carbons (Fsp3) is 0.100. The van der Waals surface area contributed by atoms with E-state index < -0.39 is 4.92 Å². The van der Waals surface area contributed by atoms with Crippen molar-refractivity contribution < 1.29 is 14.4 Å². The van der Waals surface area contributed by atoms with E-state index in [0.717, 1.165) is 0 Å². The topological polar surface area (TPSA) is 126 Å². The van der Waals surface area contributed by atoms with Crippen LogP contribution in [0.1, 0.15) is 0 Å². The molecule has 0 bridgehead atoms. The first-order valence-electron chi connectivity index (χ1n) is 5.17. The first-order chi connectivity index (χ1) is 9.49. The van der Waals surface area contributed by atoms with Crippen LogP contribution in [0.3, 0.4) is 0 Å². The Bertz CT molecular complexity index is 646. The van der Waals surface area contributed by atoms with Gasteiger partial charge in [0.05, 0.1) is 12.0 Å². The Hall–Kier alpha value is -2.68. The summed E-state index contributed by atoms with van der Waals surface area (Å²) in [6.45, 7) is 0. The average Bonchev–Trinajstić information content (AvgIpc) is 2.37. The lowest BCUT2D eigenvalue weighted by atomic mass is 10.3. The number of halogens is 1. The predicted molar refractivity (Wildman–Crippen MR) is 69.0 cm³/mol. The Morgan fingerprint density at radius 1 is 1.35 bits per heavy atom. The van der Waals surface area contributed by atoms with E-state index in [1.165, 1.54) is 25.3 Å². The number of nitrogens with two attached hydrogens (primary N) is 1. The van der Waals surface area contributed by atoms with E-state index >= 15 is 0 Å². The van der Waals surface area contributed by atoms with Crippen molar-refractivity contribution in [1.82, 2.24) is 15.0 Å². The number of hydrogen-bond donors (Lipinski definition) is 1. The fourth-order valence-corrected chi connectivity index (χ4v) is 1.50. The minimum Gasteiger partial charge on any atom is -0.497 e. The molecule has 0 aliphatic heterocycles. The van der Waals surface area contributed by atoms with Gasteiger partial charge in [-0.3, -0.25) is 10.1 Å². The van der Waals surface area contributed by atoms with Crippen molar-refractivity contribution in [2.24, 2.45) is 0 Å². The number of nitro benzene ring substituents is 1. The summed E-state index contributed by atoms with van der Waals surface area (Å²) in [6, 6.07) is 3.74. The lowest BCUT2D eigenvalue weighted by Gasteiger charge is -2.06. The van der Waals surface area contributed by atoms with Gasteiger partial charge in [0.2, 0.25) is 17.0 Å². The van der Waals surface area contributed by atoms with E-state index in [2.05, 4.69) is 15.0 Å². The lowest BCUT2D eigenvalue weighted by molar-refractivity contribution is -0.385. The number of nitrogen functional groups attached to an aromatic ring is 1. The molecule has 0 fully saturated rings. The zero-order valence-electron chi connectivity index (χ0n) is 10.1. The van der Waals surface area contributed by atoms with Crippen molar-refractivity contribution in [3.8, 4) is 17.5 Å². The van der Waals surface area contributed by atoms with Gasteiger partial charge in [0.1, 0.15) is 5.75 Å². The van der Waals surface area contributed by atoms with Gasteiger partial charge in [0.25, 0.3) is 0 Å². The number of nitrogens with zero attached hydrogens (tertiary/aromatic N) is 4. The van der Waals surface area contributed by atoms with Crippen molar-refractivity contribution in [1.29, 1.82) is 0 Å². The maximum Gasteiger partial charge on any atom is 0.328 e. The molecule has 0 saturated carbocycles. The van der Waals surface area contributed by atoms with Crippen LogP contribution in [0.25, 0.3) is 0 Å². The number of benzene rings is 1. The van der Waals surface area contributed by atoms with E-state index in [1.807, 2.05) is 0 Å². The summed E-state index contributed by atoms with van der Waals surface area (Å²) in [6.07, 6.45) is 0. The Morgan fingerprint density at radius 3 is 2.70 bits per heavy atom. The standard InChI is InChI=1S/C10H8ClN5O4/c1-19-5-2-3-6(16(17)18)7(4-5)20-10-14-8(11)13-9(12)15-10/h2-4H,1H3,(H2,12,13,14,15). The average molecular weight is 298 g/mol. The number of anilines is 1. The molecule has 0 aliphatic carbocycles. The molecule has 0 spiro atoms. The number of hydrogen-bond acceptors (Lipinski definition) is 8. The van der Waals surface area contributed by atoms with Gasteiger partial charge in [-0.05, 0) is 17.7 Å². The number of ether oxygens (including phenoxy) is 2. The maximum atomic E-state index is 10.9. The molecule has 1 aromatic carbocycles. The van der Waals surface area contributed by atoms with Gasteiger partial charge in [0, 0.05) is 12.1 Å². The highest BCUT2D eigenvalue weighted by molar-refractivity contribution is 6.28. The quantitative estimate of drug-likeness (QED) is 0.668. The number of nitro groups is 1. The molecule has 0 aliphatic rings. The summed E-state index contributed by atoms with van der Waals surface area (Å²) < 4.78 is 10.2. The van der Waals surface area contributed by atoms with Crippen LogP contribution in [0.2, 0.25) is 5.28 Å². The van der Waals surface area contributed by atoms with E-state index in [1.54, 1.807) is 0 Å². The predicted octanol–water partition coefficient (Wildman–Crippen LogP) is 1.82. The van der Waals surface area contributed by atoms with Crippen molar-refractivity contribution >= 4 is 23.2 Å². The van der Waals surface area contributed by atoms with Gasteiger partial charge in [-0.2, -0.15) is 15.0 Å². The summed E-state index contributed by atoms with van der Waals surface area (Å²) in [5.74, 6) is 0.111. The van der Waals surface area contributed by atoms with Crippen LogP contribution in [-0.4, -0.2) is 27.0 Å². The Kier molecular flexibility index (Phi) is 3.80. The largest absolute Gasteiger partial charge is 0.497 e. The summed E-state index contributed by atoms with van der Waals surface area (Å²) in [5, 5.41) is 10.7. The lowest BCUT2D eigenvalue weighted by Crippen LogP contribution is -2.02. The Labute approximate surface area is 117 Å². The molecule has 0 amide bonds. The van der Waals surface area contributed by atoms with E-state index in [4.69, 9.17) is 26.8 Å². The number of rotatable bonds is 4. The minimum absolute atomic E-state index is 0.101. The monoisotopic (exact) mass is 297 g/mol. The molecule has 0 unspecified atom stereocenters. The smallest absolute Gasteiger partial charge is 0.328 e. The molecule has 2 N–H and O–H groups in total. The van der Waals surface area contributed by atoms with Gasteiger partial charge in [-0.25, -0.2) is 0 Å². The van der Waals surface area contributed by atoms with Crippen LogP contribution in [0.4, 0.5) is 11.6 Å². The number of aromatic nitrogens is 3. The van der Waals surface area contributed by atoms with Crippen LogP contribution in [0.15, 0.2) is 18.2 Å². The Balaban J connectivity index is 2.42. The molecule has 2 rings (SSSR count). The molecule has 104 valence electrons. The summed E-state index contributed by atoms with van der Waals surface area (Å²) in [5.41, 5.74) is 5.10. The summed E-state index contributed by atoms with van der Waals surface area (Å²) in [4.78, 5) is 21.2. The van der Waals surface area contributed by atoms with Crippen molar-refractivity contribution in [3.05, 3.63) is 33.6 Å². The van der Waals surface area contributed by atoms with Crippen LogP contribution in [0, 0.1) is 10.1 Å². The molecular weight excluding hydrogens is 290 g/mol. The highest BCUT2D eigenvalue weighted by Gasteiger charge is 2.18. The normalized spacial score (nSPS) is 10.1. The van der Waals surface area contributed by atoms with Crippen LogP contribution >= 0.6 is 11.6 Å². The first-order valence-corrected chi connectivity index (χ1v) is 5.54. The SMILES string of the molecule is COc1ccc([N+](=O)[O-])c(Oc2nc(N)nc(Cl)n2)c1. The summed E-state index contributed by atoms with van der Waals surface area (Å²) >= 11 is 5.60. The Morgan fingerprint density at radius 2 is 2.10 bits per heavy atom.